The zero-order valence-electron chi connectivity index (χ0n) is 18.3. The second-order valence-electron chi connectivity index (χ2n) is 9.43. The SMILES string of the molecule is Cc1cc2c3c(c(C)c(C)cc3c1)-c1c(c3oc(CC4CCCC4)cc3c[n+]1C)O2. The van der Waals surface area contributed by atoms with Crippen molar-refractivity contribution in [2.75, 3.05) is 0 Å². The highest BCUT2D eigenvalue weighted by atomic mass is 16.5. The van der Waals surface area contributed by atoms with Crippen molar-refractivity contribution in [3.63, 3.8) is 0 Å². The molecule has 0 radical (unpaired) electrons. The van der Waals surface area contributed by atoms with Gasteiger partial charge in [0.2, 0.25) is 5.75 Å². The second kappa shape index (κ2) is 6.34. The minimum Gasteiger partial charge on any atom is -0.457 e. The summed E-state index contributed by atoms with van der Waals surface area (Å²) in [4.78, 5) is 0. The smallest absolute Gasteiger partial charge is 0.260 e. The molecule has 3 heteroatoms. The molecule has 1 aliphatic heterocycles. The lowest BCUT2D eigenvalue weighted by atomic mass is 9.90. The normalized spacial score (nSPS) is 15.7. The van der Waals surface area contributed by atoms with Crippen LogP contribution in [0.15, 0.2) is 34.9 Å². The van der Waals surface area contributed by atoms with Crippen LogP contribution in [0.1, 0.15) is 48.1 Å². The largest absolute Gasteiger partial charge is 0.457 e. The van der Waals surface area contributed by atoms with Gasteiger partial charge in [-0.15, -0.1) is 0 Å². The Labute approximate surface area is 177 Å². The molecule has 152 valence electrons. The van der Waals surface area contributed by atoms with Crippen LogP contribution < -0.4 is 9.30 Å². The highest BCUT2D eigenvalue weighted by molar-refractivity contribution is 6.07. The maximum absolute atomic E-state index is 6.59. The molecule has 1 aliphatic carbocycles. The number of aryl methyl sites for hydroxylation is 3. The van der Waals surface area contributed by atoms with Crippen molar-refractivity contribution in [2.45, 2.75) is 52.9 Å². The Hall–Kier alpha value is -2.81. The van der Waals surface area contributed by atoms with Gasteiger partial charge in [-0.25, -0.2) is 0 Å². The molecule has 0 N–H and O–H groups in total. The standard InChI is InChI=1S/C27H28NO2/c1-15-9-19-11-16(2)17(3)23-24(19)22(10-15)30-27-25(23)28(4)14-20-13-21(29-26(20)27)12-18-7-5-6-8-18/h9-11,13-14,18H,5-8,12H2,1-4H3/q+1. The molecule has 1 fully saturated rings. The van der Waals surface area contributed by atoms with E-state index in [1.807, 2.05) is 0 Å². The first-order chi connectivity index (χ1) is 14.5. The monoisotopic (exact) mass is 398 g/mol. The Morgan fingerprint density at radius 1 is 1.00 bits per heavy atom. The van der Waals surface area contributed by atoms with Gasteiger partial charge in [0.15, 0.2) is 11.8 Å². The summed E-state index contributed by atoms with van der Waals surface area (Å²) in [6.45, 7) is 6.56. The van der Waals surface area contributed by atoms with Crippen molar-refractivity contribution in [1.82, 2.24) is 0 Å². The average molecular weight is 399 g/mol. The molecule has 0 amide bonds. The molecule has 2 aliphatic rings. The summed E-state index contributed by atoms with van der Waals surface area (Å²) >= 11 is 0. The molecule has 0 atom stereocenters. The number of nitrogens with zero attached hydrogens (tertiary/aromatic N) is 1. The molecular formula is C27H28NO2+. The molecule has 3 nitrogen and oxygen atoms in total. The van der Waals surface area contributed by atoms with Crippen LogP contribution in [0.5, 0.6) is 11.5 Å². The van der Waals surface area contributed by atoms with Crippen LogP contribution in [-0.2, 0) is 13.5 Å². The Morgan fingerprint density at radius 3 is 2.60 bits per heavy atom. The first-order valence-corrected chi connectivity index (χ1v) is 11.2. The van der Waals surface area contributed by atoms with Gasteiger partial charge in [-0.3, -0.25) is 0 Å². The van der Waals surface area contributed by atoms with Gasteiger partial charge in [-0.1, -0.05) is 37.8 Å². The highest BCUT2D eigenvalue weighted by Crippen LogP contribution is 2.50. The van der Waals surface area contributed by atoms with E-state index in [4.69, 9.17) is 9.15 Å². The molecule has 0 spiro atoms. The van der Waals surface area contributed by atoms with E-state index in [1.54, 1.807) is 0 Å². The van der Waals surface area contributed by atoms with Crippen molar-refractivity contribution in [2.24, 2.45) is 13.0 Å². The number of furan rings is 1. The number of benzene rings is 2. The van der Waals surface area contributed by atoms with Crippen molar-refractivity contribution < 1.29 is 13.7 Å². The molecule has 0 saturated heterocycles. The van der Waals surface area contributed by atoms with E-state index in [0.29, 0.717) is 0 Å². The van der Waals surface area contributed by atoms with E-state index in [9.17, 15) is 0 Å². The molecule has 0 bridgehead atoms. The third-order valence-corrected chi connectivity index (χ3v) is 7.20. The maximum atomic E-state index is 6.59. The predicted molar refractivity (Wildman–Crippen MR) is 120 cm³/mol. The molecule has 4 aromatic rings. The van der Waals surface area contributed by atoms with Crippen LogP contribution in [0.3, 0.4) is 0 Å². The van der Waals surface area contributed by atoms with Gasteiger partial charge in [0.1, 0.15) is 18.6 Å². The fraction of sp³-hybridized carbons (Fsp3) is 0.370. The first-order valence-electron chi connectivity index (χ1n) is 11.2. The van der Waals surface area contributed by atoms with Crippen LogP contribution in [0.2, 0.25) is 0 Å². The van der Waals surface area contributed by atoms with Crippen molar-refractivity contribution in [3.8, 4) is 22.8 Å². The number of ether oxygens (including phenoxy) is 1. The molecule has 3 heterocycles. The zero-order valence-corrected chi connectivity index (χ0v) is 18.3. The fourth-order valence-electron chi connectivity index (χ4n) is 5.63. The van der Waals surface area contributed by atoms with Crippen LogP contribution in [-0.4, -0.2) is 0 Å². The number of hydrogen-bond donors (Lipinski definition) is 0. The van der Waals surface area contributed by atoms with Gasteiger partial charge in [0, 0.05) is 11.8 Å². The Balaban J connectivity index is 1.62. The van der Waals surface area contributed by atoms with E-state index in [2.05, 4.69) is 62.8 Å². The molecule has 30 heavy (non-hydrogen) atoms. The van der Waals surface area contributed by atoms with E-state index >= 15 is 0 Å². The Morgan fingerprint density at radius 2 is 1.80 bits per heavy atom. The minimum absolute atomic E-state index is 0.762. The summed E-state index contributed by atoms with van der Waals surface area (Å²) in [7, 11) is 2.12. The Bertz CT molecular complexity index is 1340. The van der Waals surface area contributed by atoms with Crippen LogP contribution in [0.4, 0.5) is 0 Å². The molecular weight excluding hydrogens is 370 g/mol. The van der Waals surface area contributed by atoms with E-state index in [-0.39, 0.29) is 0 Å². The van der Waals surface area contributed by atoms with Crippen LogP contribution in [0.25, 0.3) is 33.0 Å². The van der Waals surface area contributed by atoms with E-state index in [1.165, 1.54) is 58.7 Å². The van der Waals surface area contributed by atoms with Gasteiger partial charge < -0.3 is 9.15 Å². The first kappa shape index (κ1) is 18.0. The fourth-order valence-corrected chi connectivity index (χ4v) is 5.63. The number of hydrogen-bond acceptors (Lipinski definition) is 2. The lowest BCUT2D eigenvalue weighted by molar-refractivity contribution is -0.659. The minimum atomic E-state index is 0.762. The lowest BCUT2D eigenvalue weighted by Gasteiger charge is -2.22. The number of aromatic nitrogens is 1. The quantitative estimate of drug-likeness (QED) is 0.304. The molecule has 6 rings (SSSR count). The third-order valence-electron chi connectivity index (χ3n) is 7.20. The molecule has 2 aromatic carbocycles. The van der Waals surface area contributed by atoms with Gasteiger partial charge >= 0.3 is 0 Å². The predicted octanol–water partition coefficient (Wildman–Crippen LogP) is 6.84. The summed E-state index contributed by atoms with van der Waals surface area (Å²) in [5.41, 5.74) is 7.12. The summed E-state index contributed by atoms with van der Waals surface area (Å²) in [6.07, 6.45) is 8.61. The van der Waals surface area contributed by atoms with E-state index < -0.39 is 0 Å². The highest BCUT2D eigenvalue weighted by Gasteiger charge is 2.34. The average Bonchev–Trinajstić information content (AvgIpc) is 3.34. The van der Waals surface area contributed by atoms with Gasteiger partial charge in [-0.2, -0.15) is 4.57 Å². The van der Waals surface area contributed by atoms with Crippen molar-refractivity contribution in [3.05, 3.63) is 52.9 Å². The second-order valence-corrected chi connectivity index (χ2v) is 9.43. The summed E-state index contributed by atoms with van der Waals surface area (Å²) in [5, 5.41) is 3.58. The van der Waals surface area contributed by atoms with Gasteiger partial charge in [0.05, 0.1) is 10.9 Å². The van der Waals surface area contributed by atoms with Crippen molar-refractivity contribution >= 4 is 21.7 Å². The summed E-state index contributed by atoms with van der Waals surface area (Å²) < 4.78 is 15.3. The molecule has 1 saturated carbocycles. The van der Waals surface area contributed by atoms with Crippen LogP contribution >= 0.6 is 0 Å². The molecule has 2 aromatic heterocycles. The number of fused-ring (bicyclic) bond motifs is 4. The Kier molecular flexibility index (Phi) is 3.80. The topological polar surface area (TPSA) is 26.2 Å². The van der Waals surface area contributed by atoms with Crippen molar-refractivity contribution in [1.29, 1.82) is 0 Å². The molecule has 0 unspecified atom stereocenters. The number of pyridine rings is 1. The third kappa shape index (κ3) is 2.54. The number of rotatable bonds is 2. The zero-order chi connectivity index (χ0) is 20.6. The lowest BCUT2D eigenvalue weighted by Crippen LogP contribution is -2.32. The van der Waals surface area contributed by atoms with Gasteiger partial charge in [0.25, 0.3) is 5.69 Å². The van der Waals surface area contributed by atoms with Gasteiger partial charge in [-0.05, 0) is 60.9 Å². The summed E-state index contributed by atoms with van der Waals surface area (Å²) in [5.74, 6) is 3.66. The maximum Gasteiger partial charge on any atom is 0.260 e. The van der Waals surface area contributed by atoms with Crippen LogP contribution in [0, 0.1) is 26.7 Å². The van der Waals surface area contributed by atoms with E-state index in [0.717, 1.165) is 46.3 Å². The summed E-state index contributed by atoms with van der Waals surface area (Å²) in [6, 6.07) is 8.92.